The Morgan fingerprint density at radius 1 is 0.947 bits per heavy atom. The zero-order valence-electron chi connectivity index (χ0n) is 9.89. The van der Waals surface area contributed by atoms with Gasteiger partial charge in [-0.3, -0.25) is 4.79 Å². The number of carbonyl (C=O) groups excluding carboxylic acids is 1. The number of hydrogen-bond acceptors (Lipinski definition) is 1. The van der Waals surface area contributed by atoms with Crippen LogP contribution in [0.2, 0.25) is 5.02 Å². The lowest BCUT2D eigenvalue weighted by molar-refractivity contribution is 0.0991. The summed E-state index contributed by atoms with van der Waals surface area (Å²) in [6, 6.07) is 16.7. The first-order valence-electron chi connectivity index (χ1n) is 5.72. The average Bonchev–Trinajstić information content (AvgIpc) is 2.46. The van der Waals surface area contributed by atoms with E-state index in [0.29, 0.717) is 10.6 Å². The fourth-order valence-corrected chi connectivity index (χ4v) is 2.95. The van der Waals surface area contributed by atoms with Crippen LogP contribution in [0.25, 0.3) is 0 Å². The molecule has 2 aromatic rings. The summed E-state index contributed by atoms with van der Waals surface area (Å²) < 4.78 is 0. The Morgan fingerprint density at radius 3 is 2.11 bits per heavy atom. The Labute approximate surface area is 134 Å². The van der Waals surface area contributed by atoms with E-state index in [2.05, 4.69) is 31.9 Å². The van der Waals surface area contributed by atoms with Gasteiger partial charge in [-0.2, -0.15) is 0 Å². The molecular weight excluding hydrogens is 391 g/mol. The smallest absolute Gasteiger partial charge is 0.177 e. The molecule has 0 bridgehead atoms. The van der Waals surface area contributed by atoms with Crippen molar-refractivity contribution < 1.29 is 4.79 Å². The predicted octanol–water partition coefficient (Wildman–Crippen LogP) is 5.42. The van der Waals surface area contributed by atoms with Crippen LogP contribution in [-0.4, -0.2) is 10.6 Å². The number of rotatable bonds is 4. The third-order valence-electron chi connectivity index (χ3n) is 2.75. The largest absolute Gasteiger partial charge is 0.293 e. The lowest BCUT2D eigenvalue weighted by Crippen LogP contribution is -2.19. The molecular formula is C15H11Br2ClO. The molecule has 2 rings (SSSR count). The highest BCUT2D eigenvalue weighted by Gasteiger charge is 2.25. The van der Waals surface area contributed by atoms with Crippen molar-refractivity contribution in [1.82, 2.24) is 0 Å². The second-order valence-electron chi connectivity index (χ2n) is 4.09. The standard InChI is InChI=1S/C15H11Br2ClO/c16-13(10-6-8-12(18)9-7-10)14(17)15(19)11-4-2-1-3-5-11/h1-9,13-14H. The summed E-state index contributed by atoms with van der Waals surface area (Å²) in [5.74, 6) is 0.0532. The van der Waals surface area contributed by atoms with Crippen LogP contribution < -0.4 is 0 Å². The number of hydrogen-bond donors (Lipinski definition) is 0. The second-order valence-corrected chi connectivity index (χ2v) is 6.49. The number of carbonyl (C=O) groups is 1. The highest BCUT2D eigenvalue weighted by Crippen LogP contribution is 2.33. The van der Waals surface area contributed by atoms with Crippen LogP contribution in [-0.2, 0) is 0 Å². The predicted molar refractivity (Wildman–Crippen MR) is 86.6 cm³/mol. The Morgan fingerprint density at radius 2 is 1.53 bits per heavy atom. The lowest BCUT2D eigenvalue weighted by Gasteiger charge is -2.16. The van der Waals surface area contributed by atoms with E-state index in [-0.39, 0.29) is 15.4 Å². The van der Waals surface area contributed by atoms with Gasteiger partial charge in [0, 0.05) is 10.6 Å². The highest BCUT2D eigenvalue weighted by atomic mass is 79.9. The fraction of sp³-hybridized carbons (Fsp3) is 0.133. The van der Waals surface area contributed by atoms with Gasteiger partial charge in [-0.1, -0.05) is 85.9 Å². The number of alkyl halides is 2. The quantitative estimate of drug-likeness (QED) is 0.493. The van der Waals surface area contributed by atoms with Gasteiger partial charge in [0.2, 0.25) is 0 Å². The Balaban J connectivity index is 2.17. The maximum Gasteiger partial charge on any atom is 0.177 e. The van der Waals surface area contributed by atoms with Crippen LogP contribution in [0.1, 0.15) is 20.7 Å². The number of ketones is 1. The molecule has 0 aliphatic rings. The first-order chi connectivity index (χ1) is 9.09. The van der Waals surface area contributed by atoms with Crippen molar-refractivity contribution in [3.8, 4) is 0 Å². The van der Waals surface area contributed by atoms with Gasteiger partial charge < -0.3 is 0 Å². The van der Waals surface area contributed by atoms with E-state index in [9.17, 15) is 4.79 Å². The monoisotopic (exact) mass is 400 g/mol. The molecule has 0 spiro atoms. The summed E-state index contributed by atoms with van der Waals surface area (Å²) in [5, 5.41) is 0.684. The molecule has 0 heterocycles. The van der Waals surface area contributed by atoms with Gasteiger partial charge in [0.1, 0.15) is 0 Å². The van der Waals surface area contributed by atoms with E-state index >= 15 is 0 Å². The molecule has 98 valence electrons. The molecule has 0 saturated carbocycles. The molecule has 0 N–H and O–H groups in total. The van der Waals surface area contributed by atoms with Gasteiger partial charge in [0.15, 0.2) is 5.78 Å². The van der Waals surface area contributed by atoms with Crippen LogP contribution in [0.3, 0.4) is 0 Å². The van der Waals surface area contributed by atoms with Gasteiger partial charge in [-0.25, -0.2) is 0 Å². The summed E-state index contributed by atoms with van der Waals surface area (Å²) in [6.07, 6.45) is 0. The van der Waals surface area contributed by atoms with E-state index < -0.39 is 0 Å². The highest BCUT2D eigenvalue weighted by molar-refractivity contribution is 9.12. The molecule has 4 heteroatoms. The van der Waals surface area contributed by atoms with Crippen molar-refractivity contribution in [3.63, 3.8) is 0 Å². The third-order valence-corrected chi connectivity index (χ3v) is 5.72. The molecule has 0 aliphatic carbocycles. The molecule has 0 aromatic heterocycles. The SMILES string of the molecule is O=C(c1ccccc1)C(Br)C(Br)c1ccc(Cl)cc1. The molecule has 0 fully saturated rings. The Bertz CT molecular complexity index is 554. The van der Waals surface area contributed by atoms with E-state index in [1.807, 2.05) is 54.6 Å². The first kappa shape index (κ1) is 14.8. The van der Waals surface area contributed by atoms with Gasteiger partial charge in [-0.05, 0) is 17.7 Å². The Kier molecular flexibility index (Phi) is 5.20. The molecule has 1 nitrogen and oxygen atoms in total. The maximum atomic E-state index is 12.3. The summed E-state index contributed by atoms with van der Waals surface area (Å²) in [6.45, 7) is 0. The maximum absolute atomic E-state index is 12.3. The minimum Gasteiger partial charge on any atom is -0.293 e. The molecule has 2 aromatic carbocycles. The van der Waals surface area contributed by atoms with Gasteiger partial charge in [0.05, 0.1) is 9.65 Å². The van der Waals surface area contributed by atoms with Crippen LogP contribution in [0, 0.1) is 0 Å². The van der Waals surface area contributed by atoms with Crippen molar-refractivity contribution in [2.45, 2.75) is 9.65 Å². The van der Waals surface area contributed by atoms with E-state index in [1.54, 1.807) is 0 Å². The average molecular weight is 403 g/mol. The van der Waals surface area contributed by atoms with E-state index in [1.165, 1.54) is 0 Å². The van der Waals surface area contributed by atoms with Crippen LogP contribution in [0.5, 0.6) is 0 Å². The van der Waals surface area contributed by atoms with Crippen molar-refractivity contribution >= 4 is 49.2 Å². The number of benzene rings is 2. The fourth-order valence-electron chi connectivity index (χ4n) is 1.71. The number of Topliss-reactive ketones (excluding diaryl/α,β-unsaturated/α-hetero) is 1. The van der Waals surface area contributed by atoms with Crippen molar-refractivity contribution in [1.29, 1.82) is 0 Å². The van der Waals surface area contributed by atoms with Crippen molar-refractivity contribution in [2.24, 2.45) is 0 Å². The number of halogens is 3. The Hall–Kier alpha value is -0.640. The van der Waals surface area contributed by atoms with Crippen LogP contribution >= 0.6 is 43.5 Å². The lowest BCUT2D eigenvalue weighted by atomic mass is 10.0. The first-order valence-corrected chi connectivity index (χ1v) is 7.93. The van der Waals surface area contributed by atoms with Crippen LogP contribution in [0.15, 0.2) is 54.6 Å². The summed E-state index contributed by atoms with van der Waals surface area (Å²) in [5.41, 5.74) is 1.71. The minimum atomic E-state index is -0.323. The van der Waals surface area contributed by atoms with Gasteiger partial charge in [0.25, 0.3) is 0 Å². The topological polar surface area (TPSA) is 17.1 Å². The zero-order valence-corrected chi connectivity index (χ0v) is 13.8. The molecule has 0 amide bonds. The molecule has 0 saturated heterocycles. The second kappa shape index (κ2) is 6.69. The third kappa shape index (κ3) is 3.68. The summed E-state index contributed by atoms with van der Waals surface area (Å²) in [7, 11) is 0. The zero-order chi connectivity index (χ0) is 13.8. The van der Waals surface area contributed by atoms with Crippen molar-refractivity contribution in [2.75, 3.05) is 0 Å². The van der Waals surface area contributed by atoms with Crippen LogP contribution in [0.4, 0.5) is 0 Å². The molecule has 2 atom stereocenters. The molecule has 0 radical (unpaired) electrons. The summed E-state index contributed by atoms with van der Waals surface area (Å²) >= 11 is 12.9. The van der Waals surface area contributed by atoms with Gasteiger partial charge in [-0.15, -0.1) is 0 Å². The van der Waals surface area contributed by atoms with E-state index in [0.717, 1.165) is 5.56 Å². The van der Waals surface area contributed by atoms with Crippen molar-refractivity contribution in [3.05, 3.63) is 70.7 Å². The normalized spacial score (nSPS) is 13.8. The molecule has 0 aliphatic heterocycles. The van der Waals surface area contributed by atoms with E-state index in [4.69, 9.17) is 11.6 Å². The molecule has 19 heavy (non-hydrogen) atoms. The minimum absolute atomic E-state index is 0.0532. The summed E-state index contributed by atoms with van der Waals surface area (Å²) in [4.78, 5) is 11.9. The molecule has 2 unspecified atom stereocenters. The van der Waals surface area contributed by atoms with Gasteiger partial charge >= 0.3 is 0 Å².